The van der Waals surface area contributed by atoms with E-state index in [1.54, 1.807) is 23.5 Å². The number of carboxylic acids is 1. The number of aryl methyl sites for hydroxylation is 2. The number of nitrogens with one attached hydrogen (secondary N) is 1. The van der Waals surface area contributed by atoms with Crippen LogP contribution < -0.4 is 10.1 Å². The number of hydrogen-bond donors (Lipinski definition) is 2. The van der Waals surface area contributed by atoms with E-state index in [0.29, 0.717) is 23.9 Å². The van der Waals surface area contributed by atoms with Crippen LogP contribution in [0, 0.1) is 13.8 Å². The quantitative estimate of drug-likeness (QED) is 0.348. The molecule has 2 aromatic carbocycles. The summed E-state index contributed by atoms with van der Waals surface area (Å²) >= 11 is 7.62. The molecule has 0 amide bonds. The highest BCUT2D eigenvalue weighted by Crippen LogP contribution is 2.42. The van der Waals surface area contributed by atoms with E-state index in [2.05, 4.69) is 22.2 Å². The van der Waals surface area contributed by atoms with E-state index >= 15 is 0 Å². The maximum Gasteiger partial charge on any atom is 0.337 e. The molecule has 0 aliphatic carbocycles. The van der Waals surface area contributed by atoms with Gasteiger partial charge in [-0.25, -0.2) is 14.8 Å². The number of carbonyl (C=O) groups is 1. The summed E-state index contributed by atoms with van der Waals surface area (Å²) in [5, 5.41) is 13.7. The fourth-order valence-corrected chi connectivity index (χ4v) is 4.73. The SMILES string of the molecule is CCOc1ccc(-c2c(C)sc3nc(C)nc(Nc4ccc(Cl)c(C(=O)O)c4)c23)cc1. The van der Waals surface area contributed by atoms with Gasteiger partial charge in [-0.05, 0) is 56.7 Å². The first-order valence-corrected chi connectivity index (χ1v) is 10.9. The third kappa shape index (κ3) is 4.19. The summed E-state index contributed by atoms with van der Waals surface area (Å²) < 4.78 is 5.56. The highest BCUT2D eigenvalue weighted by Gasteiger charge is 2.19. The van der Waals surface area contributed by atoms with Crippen LogP contribution in [0.5, 0.6) is 5.75 Å². The standard InChI is InChI=1S/C23H20ClN3O3S/c1-4-30-16-8-5-14(6-9-16)19-12(2)31-22-20(19)21(25-13(3)26-22)27-15-7-10-18(24)17(11-15)23(28)29/h5-11H,4H2,1-3H3,(H,28,29)(H,25,26,27). The average Bonchev–Trinajstić information content (AvgIpc) is 3.05. The number of anilines is 2. The van der Waals surface area contributed by atoms with Crippen LogP contribution in [0.2, 0.25) is 5.02 Å². The number of benzene rings is 2. The Kier molecular flexibility index (Phi) is 5.80. The molecule has 4 aromatic rings. The Morgan fingerprint density at radius 2 is 1.90 bits per heavy atom. The third-order valence-electron chi connectivity index (χ3n) is 4.75. The number of carboxylic acid groups (broad SMARTS) is 1. The normalized spacial score (nSPS) is 11.0. The lowest BCUT2D eigenvalue weighted by atomic mass is 10.0. The van der Waals surface area contributed by atoms with Gasteiger partial charge in [-0.15, -0.1) is 11.3 Å². The van der Waals surface area contributed by atoms with Gasteiger partial charge >= 0.3 is 5.97 Å². The number of rotatable bonds is 6. The van der Waals surface area contributed by atoms with Gasteiger partial charge in [0.2, 0.25) is 0 Å². The maximum absolute atomic E-state index is 11.5. The van der Waals surface area contributed by atoms with Crippen LogP contribution in [0.25, 0.3) is 21.3 Å². The summed E-state index contributed by atoms with van der Waals surface area (Å²) in [6.45, 7) is 6.46. The van der Waals surface area contributed by atoms with Crippen LogP contribution in [0.1, 0.15) is 28.0 Å². The molecule has 0 saturated heterocycles. The van der Waals surface area contributed by atoms with Crippen LogP contribution >= 0.6 is 22.9 Å². The largest absolute Gasteiger partial charge is 0.494 e. The Morgan fingerprint density at radius 1 is 1.16 bits per heavy atom. The van der Waals surface area contributed by atoms with E-state index in [-0.39, 0.29) is 10.6 Å². The topological polar surface area (TPSA) is 84.3 Å². The third-order valence-corrected chi connectivity index (χ3v) is 6.08. The summed E-state index contributed by atoms with van der Waals surface area (Å²) in [5.41, 5.74) is 2.69. The molecular formula is C23H20ClN3O3S. The molecule has 158 valence electrons. The molecule has 0 bridgehead atoms. The van der Waals surface area contributed by atoms with E-state index in [4.69, 9.17) is 16.3 Å². The Bertz CT molecular complexity index is 1290. The van der Waals surface area contributed by atoms with E-state index in [9.17, 15) is 9.90 Å². The molecule has 4 rings (SSSR count). The number of nitrogens with zero attached hydrogens (tertiary/aromatic N) is 2. The molecule has 2 aromatic heterocycles. The number of aromatic nitrogens is 2. The van der Waals surface area contributed by atoms with Crippen LogP contribution in [0.4, 0.5) is 11.5 Å². The van der Waals surface area contributed by atoms with Crippen molar-refractivity contribution in [3.63, 3.8) is 0 Å². The minimum atomic E-state index is -1.08. The molecule has 2 N–H and O–H groups in total. The zero-order valence-corrected chi connectivity index (χ0v) is 18.8. The zero-order chi connectivity index (χ0) is 22.1. The van der Waals surface area contributed by atoms with E-state index in [1.807, 2.05) is 38.1 Å². The van der Waals surface area contributed by atoms with Crippen molar-refractivity contribution in [2.24, 2.45) is 0 Å². The van der Waals surface area contributed by atoms with Gasteiger partial charge in [0, 0.05) is 16.1 Å². The number of hydrogen-bond acceptors (Lipinski definition) is 6. The van der Waals surface area contributed by atoms with Crippen molar-refractivity contribution in [3.05, 3.63) is 63.8 Å². The van der Waals surface area contributed by atoms with E-state index in [0.717, 1.165) is 32.0 Å². The first-order valence-electron chi connectivity index (χ1n) is 9.68. The Hall–Kier alpha value is -3.16. The maximum atomic E-state index is 11.5. The molecule has 31 heavy (non-hydrogen) atoms. The van der Waals surface area contributed by atoms with Crippen molar-refractivity contribution >= 4 is 50.6 Å². The molecule has 0 saturated carbocycles. The molecule has 0 aliphatic heterocycles. The summed E-state index contributed by atoms with van der Waals surface area (Å²) in [6.07, 6.45) is 0. The summed E-state index contributed by atoms with van der Waals surface area (Å²) in [6, 6.07) is 12.7. The molecule has 0 fully saturated rings. The van der Waals surface area contributed by atoms with Crippen molar-refractivity contribution in [3.8, 4) is 16.9 Å². The molecule has 0 aliphatic rings. The second-order valence-electron chi connectivity index (χ2n) is 6.91. The van der Waals surface area contributed by atoms with Crippen LogP contribution in [0.3, 0.4) is 0 Å². The van der Waals surface area contributed by atoms with Crippen LogP contribution in [0.15, 0.2) is 42.5 Å². The summed E-state index contributed by atoms with van der Waals surface area (Å²) in [5.74, 6) is 0.978. The minimum Gasteiger partial charge on any atom is -0.494 e. The number of thiophene rings is 1. The van der Waals surface area contributed by atoms with Gasteiger partial charge in [-0.3, -0.25) is 0 Å². The predicted octanol–water partition coefficient (Wildman–Crippen LogP) is 6.47. The first kappa shape index (κ1) is 21.1. The van der Waals surface area contributed by atoms with Crippen molar-refractivity contribution in [1.29, 1.82) is 0 Å². The molecule has 0 atom stereocenters. The summed E-state index contributed by atoms with van der Waals surface area (Å²) in [7, 11) is 0. The lowest BCUT2D eigenvalue weighted by Crippen LogP contribution is -2.02. The van der Waals surface area contributed by atoms with Gasteiger partial charge in [0.25, 0.3) is 0 Å². The zero-order valence-electron chi connectivity index (χ0n) is 17.2. The second-order valence-corrected chi connectivity index (χ2v) is 8.53. The Balaban J connectivity index is 1.84. The number of halogens is 1. The minimum absolute atomic E-state index is 0.0296. The van der Waals surface area contributed by atoms with E-state index < -0.39 is 5.97 Å². The van der Waals surface area contributed by atoms with Gasteiger partial charge in [0.15, 0.2) is 0 Å². The molecule has 8 heteroatoms. The average molecular weight is 454 g/mol. The Labute approximate surface area is 188 Å². The highest BCUT2D eigenvalue weighted by molar-refractivity contribution is 7.19. The number of fused-ring (bicyclic) bond motifs is 1. The highest BCUT2D eigenvalue weighted by atomic mass is 35.5. The van der Waals surface area contributed by atoms with Crippen molar-refractivity contribution < 1.29 is 14.6 Å². The van der Waals surface area contributed by atoms with Gasteiger partial charge < -0.3 is 15.2 Å². The molecule has 0 spiro atoms. The molecule has 6 nitrogen and oxygen atoms in total. The number of ether oxygens (including phenoxy) is 1. The molecular weight excluding hydrogens is 434 g/mol. The van der Waals surface area contributed by atoms with Crippen LogP contribution in [-0.4, -0.2) is 27.7 Å². The monoisotopic (exact) mass is 453 g/mol. The fourth-order valence-electron chi connectivity index (χ4n) is 3.44. The molecule has 0 radical (unpaired) electrons. The molecule has 2 heterocycles. The van der Waals surface area contributed by atoms with E-state index in [1.165, 1.54) is 6.07 Å². The second kappa shape index (κ2) is 8.53. The fraction of sp³-hybridized carbons (Fsp3) is 0.174. The molecule has 0 unspecified atom stereocenters. The lowest BCUT2D eigenvalue weighted by Gasteiger charge is -2.11. The smallest absolute Gasteiger partial charge is 0.337 e. The Morgan fingerprint density at radius 3 is 2.58 bits per heavy atom. The van der Waals surface area contributed by atoms with Gasteiger partial charge in [-0.1, -0.05) is 23.7 Å². The predicted molar refractivity (Wildman–Crippen MR) is 125 cm³/mol. The van der Waals surface area contributed by atoms with Crippen LogP contribution in [-0.2, 0) is 0 Å². The summed E-state index contributed by atoms with van der Waals surface area (Å²) in [4.78, 5) is 22.7. The number of aromatic carboxylic acids is 1. The van der Waals surface area contributed by atoms with Crippen molar-refractivity contribution in [2.75, 3.05) is 11.9 Å². The van der Waals surface area contributed by atoms with Gasteiger partial charge in [0.1, 0.15) is 22.2 Å². The first-order chi connectivity index (χ1) is 14.9. The van der Waals surface area contributed by atoms with Gasteiger partial charge in [0.05, 0.1) is 22.6 Å². The van der Waals surface area contributed by atoms with Crippen molar-refractivity contribution in [2.45, 2.75) is 20.8 Å². The van der Waals surface area contributed by atoms with Crippen molar-refractivity contribution in [1.82, 2.24) is 9.97 Å². The lowest BCUT2D eigenvalue weighted by molar-refractivity contribution is 0.0697. The van der Waals surface area contributed by atoms with Gasteiger partial charge in [-0.2, -0.15) is 0 Å².